The number of hydrogen-bond acceptors (Lipinski definition) is 5. The Balaban J connectivity index is 1.30. The first kappa shape index (κ1) is 18.6. The predicted octanol–water partition coefficient (Wildman–Crippen LogP) is 2.00. The van der Waals surface area contributed by atoms with Gasteiger partial charge in [0.05, 0.1) is 6.42 Å². The van der Waals surface area contributed by atoms with Crippen LogP contribution in [0, 0.1) is 0 Å². The third-order valence-electron chi connectivity index (χ3n) is 4.46. The largest absolute Gasteiger partial charge is 0.356 e. The molecular formula is C19H24ClN5O. The monoisotopic (exact) mass is 373 g/mol. The summed E-state index contributed by atoms with van der Waals surface area (Å²) in [6, 6.07) is 9.23. The number of amides is 1. The second-order valence-electron chi connectivity index (χ2n) is 6.38. The van der Waals surface area contributed by atoms with Gasteiger partial charge >= 0.3 is 0 Å². The van der Waals surface area contributed by atoms with Crippen molar-refractivity contribution in [3.8, 4) is 0 Å². The van der Waals surface area contributed by atoms with Crippen molar-refractivity contribution in [1.82, 2.24) is 20.2 Å². The van der Waals surface area contributed by atoms with E-state index in [9.17, 15) is 4.79 Å². The molecule has 0 unspecified atom stereocenters. The molecule has 1 N–H and O–H groups in total. The van der Waals surface area contributed by atoms with Crippen LogP contribution in [0.25, 0.3) is 0 Å². The van der Waals surface area contributed by atoms with Gasteiger partial charge in [0.15, 0.2) is 0 Å². The Morgan fingerprint density at radius 3 is 2.46 bits per heavy atom. The maximum Gasteiger partial charge on any atom is 0.225 e. The van der Waals surface area contributed by atoms with Gasteiger partial charge in [-0.15, -0.1) is 0 Å². The number of halogens is 1. The summed E-state index contributed by atoms with van der Waals surface area (Å²) in [5.74, 6) is 0.861. The van der Waals surface area contributed by atoms with E-state index in [2.05, 4.69) is 25.1 Å². The fourth-order valence-corrected chi connectivity index (χ4v) is 3.13. The zero-order chi connectivity index (χ0) is 18.2. The molecule has 6 nitrogen and oxygen atoms in total. The van der Waals surface area contributed by atoms with Gasteiger partial charge in [0.1, 0.15) is 0 Å². The molecule has 1 aromatic heterocycles. The zero-order valence-corrected chi connectivity index (χ0v) is 15.5. The highest BCUT2D eigenvalue weighted by Crippen LogP contribution is 2.10. The Labute approximate surface area is 159 Å². The van der Waals surface area contributed by atoms with Crippen LogP contribution >= 0.6 is 11.6 Å². The lowest BCUT2D eigenvalue weighted by Crippen LogP contribution is -2.47. The number of nitrogens with one attached hydrogen (secondary N) is 1. The summed E-state index contributed by atoms with van der Waals surface area (Å²) in [4.78, 5) is 25.2. The van der Waals surface area contributed by atoms with Crippen molar-refractivity contribution in [1.29, 1.82) is 0 Å². The van der Waals surface area contributed by atoms with Gasteiger partial charge in [0, 0.05) is 50.1 Å². The molecule has 1 aromatic carbocycles. The van der Waals surface area contributed by atoms with Crippen LogP contribution in [0.5, 0.6) is 0 Å². The van der Waals surface area contributed by atoms with Crippen LogP contribution in [0.4, 0.5) is 5.95 Å². The molecule has 0 bridgehead atoms. The van der Waals surface area contributed by atoms with Crippen molar-refractivity contribution in [3.63, 3.8) is 0 Å². The van der Waals surface area contributed by atoms with Crippen LogP contribution in [0.1, 0.15) is 12.0 Å². The lowest BCUT2D eigenvalue weighted by Gasteiger charge is -2.34. The molecule has 0 radical (unpaired) electrons. The molecule has 26 heavy (non-hydrogen) atoms. The van der Waals surface area contributed by atoms with Gasteiger partial charge in [0.2, 0.25) is 11.9 Å². The molecule has 0 aliphatic carbocycles. The molecule has 1 aliphatic heterocycles. The number of anilines is 1. The van der Waals surface area contributed by atoms with Crippen LogP contribution in [-0.4, -0.2) is 60.0 Å². The Hall–Kier alpha value is -2.18. The van der Waals surface area contributed by atoms with Crippen molar-refractivity contribution >= 4 is 23.5 Å². The van der Waals surface area contributed by atoms with E-state index in [1.165, 1.54) is 0 Å². The average molecular weight is 374 g/mol. The number of carbonyl (C=O) groups is 1. The first-order valence-corrected chi connectivity index (χ1v) is 9.34. The van der Waals surface area contributed by atoms with E-state index in [-0.39, 0.29) is 5.91 Å². The van der Waals surface area contributed by atoms with Crippen molar-refractivity contribution in [2.75, 3.05) is 44.2 Å². The molecule has 0 spiro atoms. The highest BCUT2D eigenvalue weighted by atomic mass is 35.5. The SMILES string of the molecule is O=C(Cc1ccc(Cl)cc1)NCCCN1CCN(c2ncccn2)CC1. The lowest BCUT2D eigenvalue weighted by molar-refractivity contribution is -0.120. The van der Waals surface area contributed by atoms with Gasteiger partial charge in [-0.1, -0.05) is 23.7 Å². The van der Waals surface area contributed by atoms with Crippen molar-refractivity contribution in [2.45, 2.75) is 12.8 Å². The molecule has 2 heterocycles. The summed E-state index contributed by atoms with van der Waals surface area (Å²) in [7, 11) is 0. The molecular weight excluding hydrogens is 350 g/mol. The summed E-state index contributed by atoms with van der Waals surface area (Å²) < 4.78 is 0. The molecule has 2 aromatic rings. The summed E-state index contributed by atoms with van der Waals surface area (Å²) in [5, 5.41) is 3.68. The highest BCUT2D eigenvalue weighted by molar-refractivity contribution is 6.30. The van der Waals surface area contributed by atoms with E-state index in [0.29, 0.717) is 18.0 Å². The molecule has 7 heteroatoms. The zero-order valence-electron chi connectivity index (χ0n) is 14.8. The fourth-order valence-electron chi connectivity index (χ4n) is 3.01. The van der Waals surface area contributed by atoms with Crippen LogP contribution < -0.4 is 10.2 Å². The van der Waals surface area contributed by atoms with E-state index < -0.39 is 0 Å². The van der Waals surface area contributed by atoms with Gasteiger partial charge in [-0.3, -0.25) is 9.69 Å². The predicted molar refractivity (Wildman–Crippen MR) is 103 cm³/mol. The Kier molecular flexibility index (Phi) is 6.80. The van der Waals surface area contributed by atoms with Crippen molar-refractivity contribution < 1.29 is 4.79 Å². The number of piperazine rings is 1. The second kappa shape index (κ2) is 9.50. The third-order valence-corrected chi connectivity index (χ3v) is 4.71. The van der Waals surface area contributed by atoms with Crippen LogP contribution in [0.2, 0.25) is 5.02 Å². The molecule has 1 aliphatic rings. The molecule has 138 valence electrons. The van der Waals surface area contributed by atoms with Crippen molar-refractivity contribution in [2.24, 2.45) is 0 Å². The number of aromatic nitrogens is 2. The first-order chi connectivity index (χ1) is 12.7. The number of nitrogens with zero attached hydrogens (tertiary/aromatic N) is 4. The van der Waals surface area contributed by atoms with E-state index in [1.54, 1.807) is 12.4 Å². The van der Waals surface area contributed by atoms with Crippen LogP contribution in [0.15, 0.2) is 42.7 Å². The maximum absolute atomic E-state index is 12.0. The van der Waals surface area contributed by atoms with E-state index in [4.69, 9.17) is 11.6 Å². The van der Waals surface area contributed by atoms with Gasteiger partial charge < -0.3 is 10.2 Å². The van der Waals surface area contributed by atoms with E-state index in [0.717, 1.165) is 50.7 Å². The molecule has 3 rings (SSSR count). The Morgan fingerprint density at radius 1 is 1.08 bits per heavy atom. The summed E-state index contributed by atoms with van der Waals surface area (Å²) >= 11 is 5.85. The molecule has 0 atom stereocenters. The van der Waals surface area contributed by atoms with E-state index in [1.807, 2.05) is 30.3 Å². The first-order valence-electron chi connectivity index (χ1n) is 8.96. The molecule has 1 fully saturated rings. The smallest absolute Gasteiger partial charge is 0.225 e. The number of benzene rings is 1. The Morgan fingerprint density at radius 2 is 1.77 bits per heavy atom. The topological polar surface area (TPSA) is 61.4 Å². The van der Waals surface area contributed by atoms with Gasteiger partial charge in [-0.25, -0.2) is 9.97 Å². The molecule has 1 saturated heterocycles. The molecule has 0 saturated carbocycles. The number of rotatable bonds is 7. The average Bonchev–Trinajstić information content (AvgIpc) is 2.68. The summed E-state index contributed by atoms with van der Waals surface area (Å²) in [6.45, 7) is 5.56. The highest BCUT2D eigenvalue weighted by Gasteiger charge is 2.18. The minimum atomic E-state index is 0.0540. The van der Waals surface area contributed by atoms with Gasteiger partial charge in [0.25, 0.3) is 0 Å². The van der Waals surface area contributed by atoms with Gasteiger partial charge in [-0.05, 0) is 36.7 Å². The normalized spacial score (nSPS) is 15.0. The number of carbonyl (C=O) groups excluding carboxylic acids is 1. The minimum absolute atomic E-state index is 0.0540. The van der Waals surface area contributed by atoms with Crippen molar-refractivity contribution in [3.05, 3.63) is 53.3 Å². The van der Waals surface area contributed by atoms with E-state index >= 15 is 0 Å². The summed E-state index contributed by atoms with van der Waals surface area (Å²) in [6.07, 6.45) is 4.91. The minimum Gasteiger partial charge on any atom is -0.356 e. The number of hydrogen-bond donors (Lipinski definition) is 1. The second-order valence-corrected chi connectivity index (χ2v) is 6.82. The van der Waals surface area contributed by atoms with Crippen LogP contribution in [-0.2, 0) is 11.2 Å². The maximum atomic E-state index is 12.0. The fraction of sp³-hybridized carbons (Fsp3) is 0.421. The Bertz CT molecular complexity index is 687. The lowest BCUT2D eigenvalue weighted by atomic mass is 10.1. The quantitative estimate of drug-likeness (QED) is 0.752. The molecule has 1 amide bonds. The van der Waals surface area contributed by atoms with Crippen LogP contribution in [0.3, 0.4) is 0 Å². The van der Waals surface area contributed by atoms with Gasteiger partial charge in [-0.2, -0.15) is 0 Å². The summed E-state index contributed by atoms with van der Waals surface area (Å²) in [5.41, 5.74) is 0.978. The standard InChI is InChI=1S/C19H24ClN5O/c20-17-5-3-16(4-6-17)15-18(26)21-9-2-10-24-11-13-25(14-12-24)19-22-7-1-8-23-19/h1,3-8H,2,9-15H2,(H,21,26). The third kappa shape index (κ3) is 5.68.